The van der Waals surface area contributed by atoms with Crippen molar-refractivity contribution < 1.29 is 14.6 Å². The maximum absolute atomic E-state index is 10.6. The van der Waals surface area contributed by atoms with E-state index in [9.17, 15) is 4.79 Å². The maximum atomic E-state index is 10.6. The molecule has 0 amide bonds. The second kappa shape index (κ2) is 4.06. The summed E-state index contributed by atoms with van der Waals surface area (Å²) in [5, 5.41) is 9.00. The predicted molar refractivity (Wildman–Crippen MR) is 37.1 cm³/mol. The van der Waals surface area contributed by atoms with Crippen LogP contribution in [0.4, 0.5) is 0 Å². The first kappa shape index (κ1) is 9.17. The smallest absolute Gasteiger partial charge is 0.340 e. The summed E-state index contributed by atoms with van der Waals surface area (Å²) in [4.78, 5) is 10.6. The van der Waals surface area contributed by atoms with Crippen molar-refractivity contribution in [2.45, 2.75) is 20.0 Å². The lowest BCUT2D eigenvalue weighted by atomic mass is 10.1. The van der Waals surface area contributed by atoms with E-state index < -0.39 is 12.1 Å². The van der Waals surface area contributed by atoms with Crippen LogP contribution in [-0.4, -0.2) is 17.2 Å². The van der Waals surface area contributed by atoms with Crippen molar-refractivity contribution in [3.05, 3.63) is 12.8 Å². The van der Waals surface area contributed by atoms with Crippen LogP contribution in [0.2, 0.25) is 0 Å². The van der Waals surface area contributed by atoms with Crippen LogP contribution in [0.3, 0.4) is 0 Å². The molecule has 0 rings (SSSR count). The van der Waals surface area contributed by atoms with Crippen LogP contribution >= 0.6 is 0 Å². The SMILES string of the molecule is C=COC(=O)C(O)C(C)C. The first-order valence-corrected chi connectivity index (χ1v) is 3.09. The third-order valence-electron chi connectivity index (χ3n) is 1.07. The molecule has 0 aliphatic rings. The third kappa shape index (κ3) is 2.64. The van der Waals surface area contributed by atoms with Gasteiger partial charge in [-0.3, -0.25) is 0 Å². The Morgan fingerprint density at radius 1 is 1.70 bits per heavy atom. The van der Waals surface area contributed by atoms with E-state index in [2.05, 4.69) is 11.3 Å². The number of hydrogen-bond acceptors (Lipinski definition) is 3. The first-order chi connectivity index (χ1) is 4.59. The summed E-state index contributed by atoms with van der Waals surface area (Å²) in [5.41, 5.74) is 0. The molecule has 0 spiro atoms. The Balaban J connectivity index is 3.81. The maximum Gasteiger partial charge on any atom is 0.340 e. The van der Waals surface area contributed by atoms with Crippen LogP contribution < -0.4 is 0 Å². The summed E-state index contributed by atoms with van der Waals surface area (Å²) in [6, 6.07) is 0. The minimum atomic E-state index is -1.04. The van der Waals surface area contributed by atoms with Gasteiger partial charge in [0.15, 0.2) is 6.10 Å². The highest BCUT2D eigenvalue weighted by molar-refractivity contribution is 5.75. The molecule has 0 bridgehead atoms. The first-order valence-electron chi connectivity index (χ1n) is 3.09. The van der Waals surface area contributed by atoms with Gasteiger partial charge >= 0.3 is 5.97 Å². The van der Waals surface area contributed by atoms with E-state index in [1.54, 1.807) is 13.8 Å². The number of aliphatic hydroxyl groups excluding tert-OH is 1. The topological polar surface area (TPSA) is 46.5 Å². The average Bonchev–Trinajstić information content (AvgIpc) is 1.87. The molecule has 3 nitrogen and oxygen atoms in total. The number of carbonyl (C=O) groups is 1. The van der Waals surface area contributed by atoms with E-state index in [1.165, 1.54) is 0 Å². The van der Waals surface area contributed by atoms with E-state index in [1.807, 2.05) is 0 Å². The van der Waals surface area contributed by atoms with Gasteiger partial charge in [-0.1, -0.05) is 20.4 Å². The van der Waals surface area contributed by atoms with Crippen molar-refractivity contribution in [1.29, 1.82) is 0 Å². The van der Waals surface area contributed by atoms with Crippen molar-refractivity contribution in [2.75, 3.05) is 0 Å². The van der Waals surface area contributed by atoms with Gasteiger partial charge in [-0.25, -0.2) is 4.79 Å². The van der Waals surface area contributed by atoms with E-state index >= 15 is 0 Å². The molecule has 3 heteroatoms. The van der Waals surface area contributed by atoms with Gasteiger partial charge < -0.3 is 9.84 Å². The molecule has 0 heterocycles. The minimum Gasteiger partial charge on any atom is -0.433 e. The highest BCUT2D eigenvalue weighted by Crippen LogP contribution is 2.02. The minimum absolute atomic E-state index is 0.118. The van der Waals surface area contributed by atoms with Gasteiger partial charge in [-0.15, -0.1) is 0 Å². The summed E-state index contributed by atoms with van der Waals surface area (Å²) in [7, 11) is 0. The molecule has 0 aromatic heterocycles. The van der Waals surface area contributed by atoms with Gasteiger partial charge in [-0.2, -0.15) is 0 Å². The molecule has 0 saturated carbocycles. The molecule has 58 valence electrons. The molecule has 1 unspecified atom stereocenters. The predicted octanol–water partition coefficient (Wildman–Crippen LogP) is 0.690. The van der Waals surface area contributed by atoms with Gasteiger partial charge in [0, 0.05) is 0 Å². The molecule has 0 aliphatic carbocycles. The molecule has 0 aromatic carbocycles. The number of aliphatic hydroxyl groups is 1. The summed E-state index contributed by atoms with van der Waals surface area (Å²) in [6.07, 6.45) is -0.0356. The second-order valence-electron chi connectivity index (χ2n) is 2.29. The van der Waals surface area contributed by atoms with Crippen LogP contribution in [0.1, 0.15) is 13.8 Å². The summed E-state index contributed by atoms with van der Waals surface area (Å²) >= 11 is 0. The molecule has 0 radical (unpaired) electrons. The molecule has 0 saturated heterocycles. The van der Waals surface area contributed by atoms with Crippen molar-refractivity contribution in [2.24, 2.45) is 5.92 Å². The van der Waals surface area contributed by atoms with Crippen LogP contribution in [0.15, 0.2) is 12.8 Å². The number of esters is 1. The Bertz CT molecular complexity index is 129. The zero-order valence-corrected chi connectivity index (χ0v) is 6.20. The molecule has 0 aliphatic heterocycles. The Labute approximate surface area is 60.3 Å². The van der Waals surface area contributed by atoms with E-state index in [0.29, 0.717) is 0 Å². The highest BCUT2D eigenvalue weighted by Gasteiger charge is 2.18. The van der Waals surface area contributed by atoms with E-state index in [-0.39, 0.29) is 5.92 Å². The van der Waals surface area contributed by atoms with Crippen LogP contribution in [0, 0.1) is 5.92 Å². The van der Waals surface area contributed by atoms with Gasteiger partial charge in [0.25, 0.3) is 0 Å². The van der Waals surface area contributed by atoms with Gasteiger partial charge in [-0.05, 0) is 5.92 Å². The summed E-state index contributed by atoms with van der Waals surface area (Å²) in [6.45, 7) is 6.65. The Kier molecular flexibility index (Phi) is 3.72. The van der Waals surface area contributed by atoms with Crippen LogP contribution in [0.25, 0.3) is 0 Å². The Morgan fingerprint density at radius 2 is 2.20 bits per heavy atom. The largest absolute Gasteiger partial charge is 0.433 e. The zero-order chi connectivity index (χ0) is 8.15. The van der Waals surface area contributed by atoms with Crippen molar-refractivity contribution in [3.8, 4) is 0 Å². The van der Waals surface area contributed by atoms with Gasteiger partial charge in [0.2, 0.25) is 0 Å². The lowest BCUT2D eigenvalue weighted by Gasteiger charge is -2.10. The van der Waals surface area contributed by atoms with E-state index in [4.69, 9.17) is 5.11 Å². The normalized spacial score (nSPS) is 12.8. The fourth-order valence-electron chi connectivity index (χ4n) is 0.424. The van der Waals surface area contributed by atoms with Gasteiger partial charge in [0.05, 0.1) is 6.26 Å². The lowest BCUT2D eigenvalue weighted by Crippen LogP contribution is -2.26. The van der Waals surface area contributed by atoms with Crippen LogP contribution in [0.5, 0.6) is 0 Å². The lowest BCUT2D eigenvalue weighted by molar-refractivity contribution is -0.149. The van der Waals surface area contributed by atoms with Crippen molar-refractivity contribution in [3.63, 3.8) is 0 Å². The highest BCUT2D eigenvalue weighted by atomic mass is 16.5. The standard InChI is InChI=1S/C7H12O3/c1-4-10-7(9)6(8)5(2)3/h4-6,8H,1H2,2-3H3. The average molecular weight is 144 g/mol. The summed E-state index contributed by atoms with van der Waals surface area (Å²) < 4.78 is 4.34. The number of ether oxygens (including phenoxy) is 1. The van der Waals surface area contributed by atoms with Crippen molar-refractivity contribution in [1.82, 2.24) is 0 Å². The fourth-order valence-corrected chi connectivity index (χ4v) is 0.424. The quantitative estimate of drug-likeness (QED) is 0.468. The second-order valence-corrected chi connectivity index (χ2v) is 2.29. The molecule has 10 heavy (non-hydrogen) atoms. The van der Waals surface area contributed by atoms with Gasteiger partial charge in [0.1, 0.15) is 0 Å². The molecule has 1 N–H and O–H groups in total. The van der Waals surface area contributed by atoms with Crippen LogP contribution in [-0.2, 0) is 9.53 Å². The molecule has 1 atom stereocenters. The monoisotopic (exact) mass is 144 g/mol. The summed E-state index contributed by atoms with van der Waals surface area (Å²) in [5.74, 6) is -0.766. The molecular weight excluding hydrogens is 132 g/mol. The van der Waals surface area contributed by atoms with Crippen molar-refractivity contribution >= 4 is 5.97 Å². The number of carbonyl (C=O) groups excluding carboxylic acids is 1. The molecule has 0 aromatic rings. The fraction of sp³-hybridized carbons (Fsp3) is 0.571. The zero-order valence-electron chi connectivity index (χ0n) is 6.20. The Morgan fingerprint density at radius 3 is 2.50 bits per heavy atom. The number of hydrogen-bond donors (Lipinski definition) is 1. The third-order valence-corrected chi connectivity index (χ3v) is 1.07. The van der Waals surface area contributed by atoms with E-state index in [0.717, 1.165) is 6.26 Å². The Hall–Kier alpha value is -0.830. The number of rotatable bonds is 3. The molecule has 0 fully saturated rings. The molecular formula is C7H12O3.